The van der Waals surface area contributed by atoms with Gasteiger partial charge in [-0.05, 0) is 37.9 Å². The van der Waals surface area contributed by atoms with Crippen molar-refractivity contribution in [1.29, 1.82) is 0 Å². The molecule has 1 rings (SSSR count). The van der Waals surface area contributed by atoms with Crippen LogP contribution in [0.25, 0.3) is 6.08 Å². The number of nitrogens with zero attached hydrogens (tertiary/aromatic N) is 1. The third kappa shape index (κ3) is 5.21. The van der Waals surface area contributed by atoms with Crippen molar-refractivity contribution >= 4 is 24.5 Å². The summed E-state index contributed by atoms with van der Waals surface area (Å²) in [5, 5.41) is 8.57. The molecule has 0 aliphatic rings. The first kappa shape index (κ1) is 16.5. The van der Waals surface area contributed by atoms with E-state index in [2.05, 4.69) is 0 Å². The van der Waals surface area contributed by atoms with Gasteiger partial charge in [-0.3, -0.25) is 0 Å². The molecular formula is C13H18ClNO3. The average molecular weight is 272 g/mol. The second-order valence-electron chi connectivity index (χ2n) is 3.98. The highest BCUT2D eigenvalue weighted by atomic mass is 35.5. The Hall–Kier alpha value is -1.52. The van der Waals surface area contributed by atoms with Crippen LogP contribution in [0.2, 0.25) is 0 Å². The number of halogens is 1. The van der Waals surface area contributed by atoms with E-state index in [0.717, 1.165) is 29.5 Å². The molecule has 5 heteroatoms. The number of hydrogen-bond donors (Lipinski definition) is 1. The molecule has 0 atom stereocenters. The van der Waals surface area contributed by atoms with Crippen molar-refractivity contribution in [1.82, 2.24) is 4.90 Å². The third-order valence-corrected chi connectivity index (χ3v) is 2.21. The monoisotopic (exact) mass is 271 g/mol. The highest BCUT2D eigenvalue weighted by molar-refractivity contribution is 5.85. The van der Waals surface area contributed by atoms with Crippen molar-refractivity contribution in [2.45, 2.75) is 6.54 Å². The third-order valence-electron chi connectivity index (χ3n) is 2.21. The van der Waals surface area contributed by atoms with E-state index in [1.165, 1.54) is 0 Å². The molecule has 0 fully saturated rings. The minimum atomic E-state index is -0.949. The highest BCUT2D eigenvalue weighted by Gasteiger charge is 2.04. The summed E-state index contributed by atoms with van der Waals surface area (Å²) < 4.78 is 5.26. The molecular weight excluding hydrogens is 254 g/mol. The Morgan fingerprint density at radius 3 is 2.61 bits per heavy atom. The fourth-order valence-electron chi connectivity index (χ4n) is 1.53. The van der Waals surface area contributed by atoms with Gasteiger partial charge in [0.25, 0.3) is 0 Å². The van der Waals surface area contributed by atoms with Crippen molar-refractivity contribution in [2.75, 3.05) is 21.2 Å². The normalized spacial score (nSPS) is 10.4. The van der Waals surface area contributed by atoms with E-state index in [4.69, 9.17) is 9.84 Å². The lowest BCUT2D eigenvalue weighted by Crippen LogP contribution is -2.11. The maximum Gasteiger partial charge on any atom is 0.328 e. The van der Waals surface area contributed by atoms with E-state index in [9.17, 15) is 4.79 Å². The highest BCUT2D eigenvalue weighted by Crippen LogP contribution is 2.21. The Labute approximate surface area is 113 Å². The largest absolute Gasteiger partial charge is 0.496 e. The Kier molecular flexibility index (Phi) is 7.08. The molecule has 18 heavy (non-hydrogen) atoms. The molecule has 4 nitrogen and oxygen atoms in total. The number of ether oxygens (including phenoxy) is 1. The molecule has 0 saturated carbocycles. The molecule has 0 aliphatic heterocycles. The summed E-state index contributed by atoms with van der Waals surface area (Å²) >= 11 is 0. The summed E-state index contributed by atoms with van der Waals surface area (Å²) in [6.07, 6.45) is 2.70. The summed E-state index contributed by atoms with van der Waals surface area (Å²) in [6.45, 7) is 0.748. The molecule has 0 radical (unpaired) electrons. The Bertz CT molecular complexity index is 430. The van der Waals surface area contributed by atoms with E-state index in [1.807, 2.05) is 37.2 Å². The maximum absolute atomic E-state index is 10.4. The molecule has 0 spiro atoms. The number of methoxy groups -OCH3 is 1. The van der Waals surface area contributed by atoms with E-state index in [1.54, 1.807) is 13.2 Å². The van der Waals surface area contributed by atoms with Gasteiger partial charge in [0.05, 0.1) is 7.11 Å². The van der Waals surface area contributed by atoms with Crippen LogP contribution in [0.15, 0.2) is 24.3 Å². The fraction of sp³-hybridized carbons (Fsp3) is 0.308. The Balaban J connectivity index is 0.00000289. The molecule has 0 amide bonds. The van der Waals surface area contributed by atoms with Gasteiger partial charge in [0, 0.05) is 18.2 Å². The zero-order chi connectivity index (χ0) is 12.8. The first-order valence-electron chi connectivity index (χ1n) is 5.25. The van der Waals surface area contributed by atoms with Crippen LogP contribution in [0.1, 0.15) is 11.1 Å². The number of aliphatic carboxylic acids is 1. The lowest BCUT2D eigenvalue weighted by atomic mass is 10.1. The Morgan fingerprint density at radius 1 is 1.44 bits per heavy atom. The number of hydrogen-bond acceptors (Lipinski definition) is 3. The van der Waals surface area contributed by atoms with Gasteiger partial charge in [0.2, 0.25) is 0 Å². The first-order chi connectivity index (χ1) is 8.02. The van der Waals surface area contributed by atoms with E-state index in [-0.39, 0.29) is 12.4 Å². The average Bonchev–Trinajstić information content (AvgIpc) is 2.25. The summed E-state index contributed by atoms with van der Waals surface area (Å²) in [7, 11) is 5.57. The molecule has 100 valence electrons. The molecule has 0 unspecified atom stereocenters. The second-order valence-corrected chi connectivity index (χ2v) is 3.98. The molecule has 0 heterocycles. The van der Waals surface area contributed by atoms with Gasteiger partial charge in [0.1, 0.15) is 5.75 Å². The van der Waals surface area contributed by atoms with Crippen molar-refractivity contribution in [3.63, 3.8) is 0 Å². The number of rotatable bonds is 5. The molecule has 1 N–H and O–H groups in total. The number of carboxylic acids is 1. The smallest absolute Gasteiger partial charge is 0.328 e. The van der Waals surface area contributed by atoms with Gasteiger partial charge in [-0.1, -0.05) is 6.07 Å². The van der Waals surface area contributed by atoms with Gasteiger partial charge < -0.3 is 14.7 Å². The van der Waals surface area contributed by atoms with Gasteiger partial charge in [-0.15, -0.1) is 12.4 Å². The van der Waals surface area contributed by atoms with Crippen molar-refractivity contribution < 1.29 is 14.6 Å². The van der Waals surface area contributed by atoms with E-state index >= 15 is 0 Å². The van der Waals surface area contributed by atoms with Crippen LogP contribution in [0.3, 0.4) is 0 Å². The lowest BCUT2D eigenvalue weighted by molar-refractivity contribution is -0.131. The predicted octanol–water partition coefficient (Wildman–Crippen LogP) is 2.28. The summed E-state index contributed by atoms with van der Waals surface area (Å²) in [5.74, 6) is -0.138. The van der Waals surface area contributed by atoms with Crippen LogP contribution in [0.5, 0.6) is 5.75 Å². The van der Waals surface area contributed by atoms with Gasteiger partial charge in [0.15, 0.2) is 0 Å². The predicted molar refractivity (Wildman–Crippen MR) is 74.3 cm³/mol. The van der Waals surface area contributed by atoms with Crippen molar-refractivity contribution in [2.24, 2.45) is 0 Å². The molecule has 1 aromatic carbocycles. The van der Waals surface area contributed by atoms with Crippen molar-refractivity contribution in [3.05, 3.63) is 35.4 Å². The van der Waals surface area contributed by atoms with Crippen LogP contribution < -0.4 is 4.74 Å². The fourth-order valence-corrected chi connectivity index (χ4v) is 1.53. The number of carbonyl (C=O) groups is 1. The van der Waals surface area contributed by atoms with Crippen LogP contribution >= 0.6 is 12.4 Å². The van der Waals surface area contributed by atoms with Gasteiger partial charge in [-0.25, -0.2) is 4.79 Å². The second kappa shape index (κ2) is 7.74. The standard InChI is InChI=1S/C13H17NO3.ClH/c1-14(2)9-11-8-10(5-7-13(15)16)4-6-12(11)17-3;/h4-8H,9H2,1-3H3,(H,15,16);1H/b7-5+;. The van der Waals surface area contributed by atoms with Gasteiger partial charge in [-0.2, -0.15) is 0 Å². The summed E-state index contributed by atoms with van der Waals surface area (Å²) in [4.78, 5) is 12.5. The minimum Gasteiger partial charge on any atom is -0.496 e. The molecule has 0 saturated heterocycles. The molecule has 0 aliphatic carbocycles. The van der Waals surface area contributed by atoms with E-state index < -0.39 is 5.97 Å². The summed E-state index contributed by atoms with van der Waals surface area (Å²) in [5.41, 5.74) is 1.88. The van der Waals surface area contributed by atoms with Crippen LogP contribution in [-0.4, -0.2) is 37.2 Å². The maximum atomic E-state index is 10.4. The van der Waals surface area contributed by atoms with E-state index in [0.29, 0.717) is 0 Å². The minimum absolute atomic E-state index is 0. The summed E-state index contributed by atoms with van der Waals surface area (Å²) in [6, 6.07) is 5.61. The quantitative estimate of drug-likeness (QED) is 0.835. The van der Waals surface area contributed by atoms with Crippen molar-refractivity contribution in [3.8, 4) is 5.75 Å². The number of carboxylic acid groups (broad SMARTS) is 1. The van der Waals surface area contributed by atoms with Crippen LogP contribution in [-0.2, 0) is 11.3 Å². The topological polar surface area (TPSA) is 49.8 Å². The lowest BCUT2D eigenvalue weighted by Gasteiger charge is -2.14. The molecule has 1 aromatic rings. The van der Waals surface area contributed by atoms with Gasteiger partial charge >= 0.3 is 5.97 Å². The SMILES string of the molecule is COc1ccc(/C=C/C(=O)O)cc1CN(C)C.Cl. The van der Waals surface area contributed by atoms with Crippen LogP contribution in [0, 0.1) is 0 Å². The Morgan fingerprint density at radius 2 is 2.11 bits per heavy atom. The first-order valence-corrected chi connectivity index (χ1v) is 5.25. The zero-order valence-corrected chi connectivity index (χ0v) is 11.5. The number of benzene rings is 1. The van der Waals surface area contributed by atoms with Crippen LogP contribution in [0.4, 0.5) is 0 Å². The molecule has 0 bridgehead atoms. The molecule has 0 aromatic heterocycles. The zero-order valence-electron chi connectivity index (χ0n) is 10.7.